The van der Waals surface area contributed by atoms with Crippen LogP contribution in [0.4, 0.5) is 11.5 Å². The van der Waals surface area contributed by atoms with Crippen LogP contribution >= 0.6 is 0 Å². The molecule has 0 saturated heterocycles. The third-order valence-electron chi connectivity index (χ3n) is 2.33. The van der Waals surface area contributed by atoms with E-state index in [1.807, 2.05) is 0 Å². The number of pyridine rings is 1. The summed E-state index contributed by atoms with van der Waals surface area (Å²) in [5, 5.41) is 17.1. The fourth-order valence-electron chi connectivity index (χ4n) is 1.44. The third kappa shape index (κ3) is 2.78. The minimum absolute atomic E-state index is 0.0115. The molecule has 2 rings (SSSR count). The molecule has 0 bridgehead atoms. The number of rotatable bonds is 5. The molecule has 18 heavy (non-hydrogen) atoms. The molecule has 8 nitrogen and oxygen atoms in total. The van der Waals surface area contributed by atoms with Crippen LogP contribution in [0.15, 0.2) is 23.1 Å². The molecule has 1 N–H and O–H groups in total. The fraction of sp³-hybridized carbons (Fsp3) is 0.300. The number of nitrogens with one attached hydrogen (secondary N) is 1. The maximum Gasteiger partial charge on any atom is 0.290 e. The summed E-state index contributed by atoms with van der Waals surface area (Å²) in [4.78, 5) is 18.0. The van der Waals surface area contributed by atoms with Crippen LogP contribution < -0.4 is 5.32 Å². The van der Waals surface area contributed by atoms with Crippen molar-refractivity contribution in [1.82, 2.24) is 15.1 Å². The van der Waals surface area contributed by atoms with E-state index in [0.717, 1.165) is 0 Å². The van der Waals surface area contributed by atoms with E-state index in [0.29, 0.717) is 30.2 Å². The summed E-state index contributed by atoms with van der Waals surface area (Å²) in [5.41, 5.74) is 0.577. The third-order valence-corrected chi connectivity index (χ3v) is 2.33. The Morgan fingerprint density at radius 3 is 2.94 bits per heavy atom. The van der Waals surface area contributed by atoms with Crippen LogP contribution in [-0.2, 0) is 6.42 Å². The quantitative estimate of drug-likeness (QED) is 0.629. The second kappa shape index (κ2) is 5.21. The smallest absolute Gasteiger partial charge is 0.290 e. The Morgan fingerprint density at radius 2 is 2.33 bits per heavy atom. The van der Waals surface area contributed by atoms with Crippen LogP contribution in [0.5, 0.6) is 0 Å². The van der Waals surface area contributed by atoms with Crippen LogP contribution in [-0.4, -0.2) is 26.6 Å². The molecule has 0 saturated carbocycles. The molecule has 94 valence electrons. The highest BCUT2D eigenvalue weighted by atomic mass is 16.6. The normalized spacial score (nSPS) is 10.3. The molecule has 0 aliphatic rings. The van der Waals surface area contributed by atoms with Crippen molar-refractivity contribution < 1.29 is 9.45 Å². The fourth-order valence-corrected chi connectivity index (χ4v) is 1.44. The molecular formula is C10H11N5O3. The minimum atomic E-state index is -0.454. The van der Waals surface area contributed by atoms with Crippen molar-refractivity contribution in [2.45, 2.75) is 13.3 Å². The number of aryl methyl sites for hydroxylation is 1. The Hall–Kier alpha value is -2.51. The van der Waals surface area contributed by atoms with Crippen LogP contribution in [0.25, 0.3) is 0 Å². The molecule has 0 spiro atoms. The highest BCUT2D eigenvalue weighted by Crippen LogP contribution is 2.18. The number of anilines is 1. The molecule has 0 unspecified atom stereocenters. The Balaban J connectivity index is 1.94. The van der Waals surface area contributed by atoms with Crippen LogP contribution in [0.2, 0.25) is 0 Å². The monoisotopic (exact) mass is 249 g/mol. The lowest BCUT2D eigenvalue weighted by molar-refractivity contribution is -0.385. The first kappa shape index (κ1) is 12.0. The van der Waals surface area contributed by atoms with Gasteiger partial charge in [0.15, 0.2) is 6.33 Å². The van der Waals surface area contributed by atoms with Gasteiger partial charge in [0, 0.05) is 18.5 Å². The van der Waals surface area contributed by atoms with Crippen LogP contribution in [0.3, 0.4) is 0 Å². The number of nitrogens with zero attached hydrogens (tertiary/aromatic N) is 4. The summed E-state index contributed by atoms with van der Waals surface area (Å²) in [6, 6.07) is 1.63. The molecule has 0 aliphatic heterocycles. The molecule has 0 aromatic carbocycles. The lowest BCUT2D eigenvalue weighted by Crippen LogP contribution is -2.07. The van der Waals surface area contributed by atoms with Gasteiger partial charge in [-0.3, -0.25) is 10.1 Å². The second-order valence-electron chi connectivity index (χ2n) is 3.62. The van der Waals surface area contributed by atoms with Crippen molar-refractivity contribution in [3.05, 3.63) is 40.2 Å². The maximum absolute atomic E-state index is 10.6. The maximum atomic E-state index is 10.6. The SMILES string of the molecule is Cc1cc(NCCc2ncno2)ncc1[N+](=O)[O-]. The van der Waals surface area contributed by atoms with Gasteiger partial charge in [0.05, 0.1) is 4.92 Å². The standard InChI is InChI=1S/C10H11N5O3/c1-7-4-9(12-5-8(7)15(16)17)11-3-2-10-13-6-14-18-10/h4-6H,2-3H2,1H3,(H,11,12). The predicted octanol–water partition coefficient (Wildman–Crippen LogP) is 1.34. The molecule has 0 radical (unpaired) electrons. The number of hydrogen-bond acceptors (Lipinski definition) is 7. The Morgan fingerprint density at radius 1 is 1.50 bits per heavy atom. The molecule has 0 fully saturated rings. The Kier molecular flexibility index (Phi) is 3.46. The molecule has 0 amide bonds. The molecule has 8 heteroatoms. The lowest BCUT2D eigenvalue weighted by Gasteiger charge is -2.04. The van der Waals surface area contributed by atoms with Gasteiger partial charge < -0.3 is 9.84 Å². The second-order valence-corrected chi connectivity index (χ2v) is 3.62. The highest BCUT2D eigenvalue weighted by molar-refractivity contribution is 5.46. The first-order valence-electron chi connectivity index (χ1n) is 5.27. The van der Waals surface area contributed by atoms with E-state index in [1.165, 1.54) is 12.5 Å². The van der Waals surface area contributed by atoms with E-state index in [4.69, 9.17) is 4.52 Å². The zero-order chi connectivity index (χ0) is 13.0. The van der Waals surface area contributed by atoms with E-state index in [1.54, 1.807) is 13.0 Å². The van der Waals surface area contributed by atoms with Gasteiger partial charge in [0.1, 0.15) is 12.0 Å². The van der Waals surface area contributed by atoms with E-state index in [9.17, 15) is 10.1 Å². The summed E-state index contributed by atoms with van der Waals surface area (Å²) in [6.07, 6.45) is 3.14. The Bertz CT molecular complexity index is 540. The molecular weight excluding hydrogens is 238 g/mol. The molecule has 0 atom stereocenters. The topological polar surface area (TPSA) is 107 Å². The van der Waals surface area contributed by atoms with Crippen LogP contribution in [0, 0.1) is 17.0 Å². The average molecular weight is 249 g/mol. The predicted molar refractivity (Wildman–Crippen MR) is 62.1 cm³/mol. The van der Waals surface area contributed by atoms with Gasteiger partial charge in [-0.2, -0.15) is 4.98 Å². The largest absolute Gasteiger partial charge is 0.370 e. The Labute approximate surface area is 102 Å². The first-order valence-corrected chi connectivity index (χ1v) is 5.27. The van der Waals surface area contributed by atoms with E-state index < -0.39 is 4.92 Å². The van der Waals surface area contributed by atoms with Gasteiger partial charge in [0.2, 0.25) is 5.89 Å². The zero-order valence-corrected chi connectivity index (χ0v) is 9.66. The summed E-state index contributed by atoms with van der Waals surface area (Å²) in [5.74, 6) is 1.11. The summed E-state index contributed by atoms with van der Waals surface area (Å²) in [6.45, 7) is 2.23. The summed E-state index contributed by atoms with van der Waals surface area (Å²) >= 11 is 0. The van der Waals surface area contributed by atoms with E-state index >= 15 is 0 Å². The van der Waals surface area contributed by atoms with Crippen molar-refractivity contribution >= 4 is 11.5 Å². The number of hydrogen-bond donors (Lipinski definition) is 1. The van der Waals surface area contributed by atoms with Crippen molar-refractivity contribution in [3.63, 3.8) is 0 Å². The number of aromatic nitrogens is 3. The zero-order valence-electron chi connectivity index (χ0n) is 9.66. The molecule has 2 aromatic heterocycles. The highest BCUT2D eigenvalue weighted by Gasteiger charge is 2.11. The van der Waals surface area contributed by atoms with Gasteiger partial charge in [-0.25, -0.2) is 4.98 Å². The van der Waals surface area contributed by atoms with Gasteiger partial charge in [0.25, 0.3) is 5.69 Å². The van der Waals surface area contributed by atoms with E-state index in [-0.39, 0.29) is 5.69 Å². The molecule has 2 aromatic rings. The van der Waals surface area contributed by atoms with Crippen molar-refractivity contribution in [2.75, 3.05) is 11.9 Å². The van der Waals surface area contributed by atoms with Crippen molar-refractivity contribution in [3.8, 4) is 0 Å². The number of nitro groups is 1. The molecule has 0 aliphatic carbocycles. The van der Waals surface area contributed by atoms with Crippen molar-refractivity contribution in [2.24, 2.45) is 0 Å². The lowest BCUT2D eigenvalue weighted by atomic mass is 10.2. The van der Waals surface area contributed by atoms with Crippen LogP contribution in [0.1, 0.15) is 11.5 Å². The van der Waals surface area contributed by atoms with Gasteiger partial charge >= 0.3 is 0 Å². The van der Waals surface area contributed by atoms with E-state index in [2.05, 4.69) is 20.4 Å². The summed E-state index contributed by atoms with van der Waals surface area (Å²) < 4.78 is 4.83. The van der Waals surface area contributed by atoms with Gasteiger partial charge in [-0.15, -0.1) is 0 Å². The van der Waals surface area contributed by atoms with Crippen molar-refractivity contribution in [1.29, 1.82) is 0 Å². The molecule has 2 heterocycles. The first-order chi connectivity index (χ1) is 8.66. The summed E-state index contributed by atoms with van der Waals surface area (Å²) in [7, 11) is 0. The van der Waals surface area contributed by atoms with Gasteiger partial charge in [-0.05, 0) is 13.0 Å². The van der Waals surface area contributed by atoms with Gasteiger partial charge in [-0.1, -0.05) is 5.16 Å². The minimum Gasteiger partial charge on any atom is -0.370 e. The average Bonchev–Trinajstić information content (AvgIpc) is 2.81.